The Bertz CT molecular complexity index is 376. The van der Waals surface area contributed by atoms with Crippen LogP contribution in [0.1, 0.15) is 19.3 Å². The van der Waals surface area contributed by atoms with Crippen LogP contribution in [0.25, 0.3) is 0 Å². The number of hydrogen-bond donors (Lipinski definition) is 1. The fourth-order valence-electron chi connectivity index (χ4n) is 3.15. The lowest BCUT2D eigenvalue weighted by Crippen LogP contribution is -2.33. The highest BCUT2D eigenvalue weighted by molar-refractivity contribution is 5.47. The van der Waals surface area contributed by atoms with Crippen molar-refractivity contribution in [1.29, 1.82) is 0 Å². The van der Waals surface area contributed by atoms with Gasteiger partial charge in [0.05, 0.1) is 7.11 Å². The maximum atomic E-state index is 5.17. The van der Waals surface area contributed by atoms with Gasteiger partial charge in [-0.25, -0.2) is 0 Å². The number of nitrogens with zero attached hydrogens (tertiary/aromatic N) is 1. The molecule has 2 aliphatic rings. The van der Waals surface area contributed by atoms with Gasteiger partial charge in [0.15, 0.2) is 0 Å². The van der Waals surface area contributed by atoms with Crippen LogP contribution in [0, 0.1) is 0 Å². The Hall–Kier alpha value is -1.22. The largest absolute Gasteiger partial charge is 0.497 e. The van der Waals surface area contributed by atoms with Gasteiger partial charge in [-0.2, -0.15) is 0 Å². The summed E-state index contributed by atoms with van der Waals surface area (Å²) in [6, 6.07) is 9.64. The maximum Gasteiger partial charge on any atom is 0.119 e. The van der Waals surface area contributed by atoms with Gasteiger partial charge in [0.2, 0.25) is 0 Å². The predicted molar refractivity (Wildman–Crippen MR) is 69.6 cm³/mol. The molecule has 92 valence electrons. The fraction of sp³-hybridized carbons (Fsp3) is 0.571. The minimum absolute atomic E-state index is 0.630. The standard InChI is InChI=1S/C14H20N2O/c1-17-12-6-4-11(5-7-12)15-13-8-10-16-9-2-3-14(13)16/h4-7,13-15H,2-3,8-10H2,1H3. The van der Waals surface area contributed by atoms with Crippen molar-refractivity contribution in [2.24, 2.45) is 0 Å². The van der Waals surface area contributed by atoms with Crippen molar-refractivity contribution in [3.63, 3.8) is 0 Å². The summed E-state index contributed by atoms with van der Waals surface area (Å²) in [5.74, 6) is 0.921. The number of methoxy groups -OCH3 is 1. The van der Waals surface area contributed by atoms with Crippen molar-refractivity contribution < 1.29 is 4.74 Å². The van der Waals surface area contributed by atoms with Crippen molar-refractivity contribution >= 4 is 5.69 Å². The normalized spacial score (nSPS) is 28.1. The van der Waals surface area contributed by atoms with E-state index in [9.17, 15) is 0 Å². The summed E-state index contributed by atoms with van der Waals surface area (Å²) in [6.45, 7) is 2.56. The van der Waals surface area contributed by atoms with Gasteiger partial charge in [-0.1, -0.05) is 0 Å². The first-order valence-corrected chi connectivity index (χ1v) is 6.51. The summed E-state index contributed by atoms with van der Waals surface area (Å²) in [6.07, 6.45) is 4.00. The third-order valence-electron chi connectivity index (χ3n) is 4.05. The van der Waals surface area contributed by atoms with Gasteiger partial charge in [0, 0.05) is 24.3 Å². The Kier molecular flexibility index (Phi) is 2.93. The quantitative estimate of drug-likeness (QED) is 0.865. The molecule has 1 aromatic carbocycles. The Morgan fingerprint density at radius 2 is 2.00 bits per heavy atom. The molecule has 3 nitrogen and oxygen atoms in total. The molecule has 0 saturated carbocycles. The SMILES string of the molecule is COc1ccc(NC2CCN3CCCC23)cc1. The molecule has 0 radical (unpaired) electrons. The Morgan fingerprint density at radius 3 is 2.76 bits per heavy atom. The first kappa shape index (κ1) is 10.9. The molecule has 2 aliphatic heterocycles. The number of rotatable bonds is 3. The zero-order valence-corrected chi connectivity index (χ0v) is 10.4. The first-order valence-electron chi connectivity index (χ1n) is 6.51. The van der Waals surface area contributed by atoms with E-state index in [4.69, 9.17) is 4.74 Å². The predicted octanol–water partition coefficient (Wildman–Crippen LogP) is 2.34. The molecular weight excluding hydrogens is 212 g/mol. The molecule has 2 heterocycles. The average Bonchev–Trinajstić information content (AvgIpc) is 2.95. The Morgan fingerprint density at radius 1 is 1.18 bits per heavy atom. The van der Waals surface area contributed by atoms with Gasteiger partial charge < -0.3 is 10.1 Å². The van der Waals surface area contributed by atoms with Crippen LogP contribution in [-0.4, -0.2) is 37.2 Å². The van der Waals surface area contributed by atoms with E-state index in [-0.39, 0.29) is 0 Å². The van der Waals surface area contributed by atoms with E-state index in [0.717, 1.165) is 11.8 Å². The molecule has 2 fully saturated rings. The Labute approximate surface area is 103 Å². The monoisotopic (exact) mass is 232 g/mol. The summed E-state index contributed by atoms with van der Waals surface area (Å²) < 4.78 is 5.17. The van der Waals surface area contributed by atoms with Crippen LogP contribution in [-0.2, 0) is 0 Å². The number of hydrogen-bond acceptors (Lipinski definition) is 3. The first-order chi connectivity index (χ1) is 8.36. The zero-order chi connectivity index (χ0) is 11.7. The van der Waals surface area contributed by atoms with Crippen LogP contribution in [0.4, 0.5) is 5.69 Å². The molecule has 17 heavy (non-hydrogen) atoms. The second-order valence-electron chi connectivity index (χ2n) is 5.01. The number of fused-ring (bicyclic) bond motifs is 1. The number of anilines is 1. The van der Waals surface area contributed by atoms with Gasteiger partial charge in [-0.3, -0.25) is 4.90 Å². The second kappa shape index (κ2) is 4.57. The van der Waals surface area contributed by atoms with E-state index in [1.54, 1.807) is 7.11 Å². The summed E-state index contributed by atoms with van der Waals surface area (Å²) in [7, 11) is 1.70. The summed E-state index contributed by atoms with van der Waals surface area (Å²) >= 11 is 0. The van der Waals surface area contributed by atoms with Crippen LogP contribution in [0.15, 0.2) is 24.3 Å². The average molecular weight is 232 g/mol. The van der Waals surface area contributed by atoms with Gasteiger partial charge in [-0.15, -0.1) is 0 Å². The smallest absolute Gasteiger partial charge is 0.119 e. The van der Waals surface area contributed by atoms with Crippen LogP contribution in [0.3, 0.4) is 0 Å². The molecule has 1 N–H and O–H groups in total. The molecule has 3 rings (SSSR count). The topological polar surface area (TPSA) is 24.5 Å². The maximum absolute atomic E-state index is 5.17. The van der Waals surface area contributed by atoms with E-state index in [2.05, 4.69) is 22.3 Å². The van der Waals surface area contributed by atoms with Crippen LogP contribution >= 0.6 is 0 Å². The van der Waals surface area contributed by atoms with Crippen molar-refractivity contribution in [1.82, 2.24) is 4.90 Å². The molecule has 2 saturated heterocycles. The lowest BCUT2D eigenvalue weighted by Gasteiger charge is -2.22. The second-order valence-corrected chi connectivity index (χ2v) is 5.01. The highest BCUT2D eigenvalue weighted by Gasteiger charge is 2.36. The number of ether oxygens (including phenoxy) is 1. The molecule has 2 unspecified atom stereocenters. The summed E-state index contributed by atoms with van der Waals surface area (Å²) in [4.78, 5) is 2.63. The van der Waals surface area contributed by atoms with Crippen molar-refractivity contribution in [2.45, 2.75) is 31.3 Å². The third kappa shape index (κ3) is 2.12. The molecule has 0 aromatic heterocycles. The highest BCUT2D eigenvalue weighted by Crippen LogP contribution is 2.30. The summed E-state index contributed by atoms with van der Waals surface area (Å²) in [5.41, 5.74) is 1.21. The molecule has 0 spiro atoms. The van der Waals surface area contributed by atoms with Crippen molar-refractivity contribution in [2.75, 3.05) is 25.5 Å². The van der Waals surface area contributed by atoms with Crippen LogP contribution in [0.2, 0.25) is 0 Å². The van der Waals surface area contributed by atoms with Gasteiger partial charge >= 0.3 is 0 Å². The minimum atomic E-state index is 0.630. The Balaban J connectivity index is 1.66. The van der Waals surface area contributed by atoms with Gasteiger partial charge in [-0.05, 0) is 50.1 Å². The van der Waals surface area contributed by atoms with E-state index in [1.165, 1.54) is 38.0 Å². The molecule has 3 heteroatoms. The molecule has 1 aromatic rings. The molecule has 0 aliphatic carbocycles. The molecule has 0 bridgehead atoms. The number of benzene rings is 1. The van der Waals surface area contributed by atoms with Crippen LogP contribution in [0.5, 0.6) is 5.75 Å². The van der Waals surface area contributed by atoms with E-state index in [0.29, 0.717) is 6.04 Å². The van der Waals surface area contributed by atoms with E-state index >= 15 is 0 Å². The third-order valence-corrected chi connectivity index (χ3v) is 4.05. The lowest BCUT2D eigenvalue weighted by molar-refractivity contribution is 0.318. The van der Waals surface area contributed by atoms with Crippen molar-refractivity contribution in [3.05, 3.63) is 24.3 Å². The highest BCUT2D eigenvalue weighted by atomic mass is 16.5. The number of nitrogens with one attached hydrogen (secondary N) is 1. The van der Waals surface area contributed by atoms with E-state index in [1.807, 2.05) is 12.1 Å². The van der Waals surface area contributed by atoms with Gasteiger partial charge in [0.1, 0.15) is 5.75 Å². The fourth-order valence-corrected chi connectivity index (χ4v) is 3.15. The lowest BCUT2D eigenvalue weighted by atomic mass is 10.1. The summed E-state index contributed by atoms with van der Waals surface area (Å²) in [5, 5.41) is 3.67. The molecule has 2 atom stereocenters. The van der Waals surface area contributed by atoms with E-state index < -0.39 is 0 Å². The van der Waals surface area contributed by atoms with Gasteiger partial charge in [0.25, 0.3) is 0 Å². The molecular formula is C14H20N2O. The van der Waals surface area contributed by atoms with Crippen LogP contribution < -0.4 is 10.1 Å². The minimum Gasteiger partial charge on any atom is -0.497 e. The van der Waals surface area contributed by atoms with Crippen molar-refractivity contribution in [3.8, 4) is 5.75 Å². The zero-order valence-electron chi connectivity index (χ0n) is 10.4. The molecule has 0 amide bonds.